The first kappa shape index (κ1) is 43.6. The van der Waals surface area contributed by atoms with Gasteiger partial charge in [-0.25, -0.2) is 0 Å². The van der Waals surface area contributed by atoms with Crippen molar-refractivity contribution in [3.63, 3.8) is 0 Å². The minimum Gasteiger partial charge on any atom is -0.463 e. The molecule has 0 bridgehead atoms. The molecule has 2 N–H and O–H groups in total. The second kappa shape index (κ2) is 33.9. The summed E-state index contributed by atoms with van der Waals surface area (Å²) in [6, 6.07) is 0. The van der Waals surface area contributed by atoms with E-state index in [0.717, 1.165) is 50.9 Å². The van der Waals surface area contributed by atoms with Crippen molar-refractivity contribution in [3.8, 4) is 0 Å². The summed E-state index contributed by atoms with van der Waals surface area (Å²) in [6.07, 6.45) is 39.0. The van der Waals surface area contributed by atoms with Crippen LogP contribution in [0.4, 0.5) is 0 Å². The maximum absolute atomic E-state index is 11.9. The Morgan fingerprint density at radius 1 is 0.609 bits per heavy atom. The predicted molar refractivity (Wildman–Crippen MR) is 192 cm³/mol. The van der Waals surface area contributed by atoms with E-state index in [9.17, 15) is 19.8 Å². The van der Waals surface area contributed by atoms with Crippen LogP contribution in [0.3, 0.4) is 0 Å². The van der Waals surface area contributed by atoms with E-state index in [0.29, 0.717) is 19.3 Å². The summed E-state index contributed by atoms with van der Waals surface area (Å²) in [5, 5.41) is 19.7. The van der Waals surface area contributed by atoms with Crippen LogP contribution in [-0.2, 0) is 19.1 Å². The maximum atomic E-state index is 11.9. The van der Waals surface area contributed by atoms with Crippen LogP contribution in [0.2, 0.25) is 0 Å². The highest BCUT2D eigenvalue weighted by Crippen LogP contribution is 2.14. The van der Waals surface area contributed by atoms with Crippen LogP contribution in [0.25, 0.3) is 0 Å². The minimum absolute atomic E-state index is 0.145. The zero-order valence-electron chi connectivity index (χ0n) is 29.6. The molecule has 264 valence electrons. The number of carbonyl (C=O) groups excluding carboxylic acids is 2. The lowest BCUT2D eigenvalue weighted by molar-refractivity contribution is -0.152. The first-order valence-corrected chi connectivity index (χ1v) is 18.3. The Kier molecular flexibility index (Phi) is 32.1. The molecule has 0 aromatic heterocycles. The summed E-state index contributed by atoms with van der Waals surface area (Å²) < 4.78 is 10.3. The fraction of sp³-hybridized carbons (Fsp3) is 0.700. The zero-order valence-corrected chi connectivity index (χ0v) is 29.6. The highest BCUT2D eigenvalue weighted by atomic mass is 16.6. The molecule has 1 unspecified atom stereocenters. The maximum Gasteiger partial charge on any atom is 0.305 e. The van der Waals surface area contributed by atoms with Gasteiger partial charge in [-0.05, 0) is 50.9 Å². The van der Waals surface area contributed by atoms with E-state index in [1.54, 1.807) is 0 Å². The SMILES string of the molecule is CC/C=C\C(O)C/C=C/C=C\C/C=C\C/C=C\CCCC(=O)OC[C@@H](O)COC(=O)CCCCCCCCCCCCCC(C)C. The van der Waals surface area contributed by atoms with Gasteiger partial charge in [-0.3, -0.25) is 9.59 Å². The smallest absolute Gasteiger partial charge is 0.305 e. The Balaban J connectivity index is 3.60. The van der Waals surface area contributed by atoms with Gasteiger partial charge in [0, 0.05) is 12.8 Å². The first-order chi connectivity index (χ1) is 22.3. The second-order valence-corrected chi connectivity index (χ2v) is 12.6. The zero-order chi connectivity index (χ0) is 33.9. The first-order valence-electron chi connectivity index (χ1n) is 18.3. The fourth-order valence-corrected chi connectivity index (χ4v) is 4.74. The van der Waals surface area contributed by atoms with Gasteiger partial charge in [-0.1, -0.05) is 152 Å². The number of hydrogen-bond acceptors (Lipinski definition) is 6. The van der Waals surface area contributed by atoms with Gasteiger partial charge in [-0.15, -0.1) is 0 Å². The van der Waals surface area contributed by atoms with Crippen LogP contribution in [0, 0.1) is 5.92 Å². The van der Waals surface area contributed by atoms with E-state index in [1.165, 1.54) is 57.8 Å². The van der Waals surface area contributed by atoms with Gasteiger partial charge < -0.3 is 19.7 Å². The second-order valence-electron chi connectivity index (χ2n) is 12.6. The topological polar surface area (TPSA) is 93.1 Å². The van der Waals surface area contributed by atoms with Crippen molar-refractivity contribution in [1.29, 1.82) is 0 Å². The molecule has 0 aliphatic rings. The van der Waals surface area contributed by atoms with Gasteiger partial charge in [0.25, 0.3) is 0 Å². The van der Waals surface area contributed by atoms with Gasteiger partial charge in [0.15, 0.2) is 0 Å². The molecule has 0 aromatic carbocycles. The molecule has 0 amide bonds. The van der Waals surface area contributed by atoms with Crippen molar-refractivity contribution in [2.45, 2.75) is 161 Å². The van der Waals surface area contributed by atoms with Crippen LogP contribution < -0.4 is 0 Å². The van der Waals surface area contributed by atoms with Crippen molar-refractivity contribution < 1.29 is 29.3 Å². The fourth-order valence-electron chi connectivity index (χ4n) is 4.74. The minimum atomic E-state index is -0.999. The Morgan fingerprint density at radius 3 is 1.70 bits per heavy atom. The van der Waals surface area contributed by atoms with Crippen molar-refractivity contribution >= 4 is 11.9 Å². The summed E-state index contributed by atoms with van der Waals surface area (Å²) in [5.74, 6) is 0.169. The molecule has 2 atom stereocenters. The molecule has 0 fully saturated rings. The number of hydrogen-bond donors (Lipinski definition) is 2. The molecule has 0 heterocycles. The lowest BCUT2D eigenvalue weighted by Gasteiger charge is -2.12. The summed E-state index contributed by atoms with van der Waals surface area (Å²) in [7, 11) is 0. The average Bonchev–Trinajstić information content (AvgIpc) is 3.03. The number of rotatable bonds is 31. The van der Waals surface area contributed by atoms with E-state index >= 15 is 0 Å². The lowest BCUT2D eigenvalue weighted by atomic mass is 10.0. The van der Waals surface area contributed by atoms with E-state index in [-0.39, 0.29) is 31.6 Å². The molecular weight excluding hydrogens is 576 g/mol. The number of ether oxygens (including phenoxy) is 2. The number of carbonyl (C=O) groups is 2. The molecular formula is C40H68O6. The molecule has 0 aliphatic carbocycles. The molecule has 6 nitrogen and oxygen atoms in total. The van der Waals surface area contributed by atoms with Gasteiger partial charge in [0.1, 0.15) is 19.3 Å². The molecule has 46 heavy (non-hydrogen) atoms. The Labute approximate surface area is 282 Å². The van der Waals surface area contributed by atoms with Crippen molar-refractivity contribution in [1.82, 2.24) is 0 Å². The van der Waals surface area contributed by atoms with Crippen molar-refractivity contribution in [2.24, 2.45) is 5.92 Å². The quantitative estimate of drug-likeness (QED) is 0.0338. The third-order valence-corrected chi connectivity index (χ3v) is 7.52. The third-order valence-electron chi connectivity index (χ3n) is 7.52. The number of esters is 2. The number of unbranched alkanes of at least 4 members (excludes halogenated alkanes) is 11. The van der Waals surface area contributed by atoms with Crippen LogP contribution in [0.15, 0.2) is 60.8 Å². The monoisotopic (exact) mass is 645 g/mol. The molecule has 0 saturated heterocycles. The van der Waals surface area contributed by atoms with E-state index < -0.39 is 12.2 Å². The Morgan fingerprint density at radius 2 is 1.11 bits per heavy atom. The normalized spacial score (nSPS) is 13.7. The molecule has 0 aromatic rings. The largest absolute Gasteiger partial charge is 0.463 e. The predicted octanol–water partition coefficient (Wildman–Crippen LogP) is 10.1. The number of aliphatic hydroxyl groups excluding tert-OH is 2. The third kappa shape index (κ3) is 34.4. The molecule has 6 heteroatoms. The van der Waals surface area contributed by atoms with Gasteiger partial charge in [-0.2, -0.15) is 0 Å². The highest BCUT2D eigenvalue weighted by molar-refractivity contribution is 5.69. The van der Waals surface area contributed by atoms with E-state index in [4.69, 9.17) is 9.47 Å². The van der Waals surface area contributed by atoms with E-state index in [2.05, 4.69) is 44.2 Å². The summed E-state index contributed by atoms with van der Waals surface area (Å²) in [4.78, 5) is 23.9. The van der Waals surface area contributed by atoms with Crippen LogP contribution in [0.5, 0.6) is 0 Å². The van der Waals surface area contributed by atoms with Gasteiger partial charge in [0.05, 0.1) is 6.10 Å². The van der Waals surface area contributed by atoms with E-state index in [1.807, 2.05) is 37.3 Å². The van der Waals surface area contributed by atoms with Crippen LogP contribution >= 0.6 is 0 Å². The molecule has 0 rings (SSSR count). The summed E-state index contributed by atoms with van der Waals surface area (Å²) in [6.45, 7) is 6.33. The lowest BCUT2D eigenvalue weighted by Crippen LogP contribution is -2.25. The number of aliphatic hydroxyl groups is 2. The standard InChI is InChI=1S/C40H68O6/c1-4-5-30-37(41)31-26-22-18-14-10-6-7-11-15-19-23-27-32-39(43)45-34-38(42)35-46-40(44)33-28-24-20-16-12-8-9-13-17-21-25-29-36(2)3/h5-7,14-15,18-19,22,26,30,36-38,41-42H,4,8-13,16-17,20-21,23-25,27-29,31-35H2,1-3H3/b7-6-,18-14-,19-15-,26-22+,30-5-/t37?,38-/m1/s1. The van der Waals surface area contributed by atoms with Gasteiger partial charge >= 0.3 is 11.9 Å². The average molecular weight is 645 g/mol. The molecule has 0 radical (unpaired) electrons. The highest BCUT2D eigenvalue weighted by Gasteiger charge is 2.12. The van der Waals surface area contributed by atoms with Crippen LogP contribution in [-0.4, -0.2) is 47.6 Å². The molecule has 0 aliphatic heterocycles. The van der Waals surface area contributed by atoms with Crippen LogP contribution in [0.1, 0.15) is 149 Å². The summed E-state index contributed by atoms with van der Waals surface area (Å²) in [5.41, 5.74) is 0. The van der Waals surface area contributed by atoms with Gasteiger partial charge in [0.2, 0.25) is 0 Å². The number of allylic oxidation sites excluding steroid dienone is 8. The molecule has 0 spiro atoms. The van der Waals surface area contributed by atoms with Crippen molar-refractivity contribution in [3.05, 3.63) is 60.8 Å². The summed E-state index contributed by atoms with van der Waals surface area (Å²) >= 11 is 0. The Hall–Kier alpha value is -2.44. The molecule has 0 saturated carbocycles. The van der Waals surface area contributed by atoms with Crippen molar-refractivity contribution in [2.75, 3.05) is 13.2 Å². The Bertz CT molecular complexity index is 854.